The van der Waals surface area contributed by atoms with E-state index < -0.39 is 0 Å². The van der Waals surface area contributed by atoms with Gasteiger partial charge in [0.05, 0.1) is 6.54 Å². The lowest BCUT2D eigenvalue weighted by Crippen LogP contribution is -2.38. The summed E-state index contributed by atoms with van der Waals surface area (Å²) in [5, 5.41) is 10.9. The van der Waals surface area contributed by atoms with Gasteiger partial charge in [-0.15, -0.1) is 0 Å². The van der Waals surface area contributed by atoms with Crippen molar-refractivity contribution in [2.75, 3.05) is 6.54 Å². The van der Waals surface area contributed by atoms with Crippen molar-refractivity contribution in [3.8, 4) is 6.19 Å². The fraction of sp³-hybridized carbons (Fsp3) is 0.182. The summed E-state index contributed by atoms with van der Waals surface area (Å²) in [5.74, 6) is 0.234. The number of amides is 1. The summed E-state index contributed by atoms with van der Waals surface area (Å²) in [6.07, 6.45) is 1.77. The first-order valence-electron chi connectivity index (χ1n) is 4.85. The fourth-order valence-electron chi connectivity index (χ4n) is 1.52. The maximum absolute atomic E-state index is 11.5. The summed E-state index contributed by atoms with van der Waals surface area (Å²) in [5.41, 5.74) is 1.00. The van der Waals surface area contributed by atoms with E-state index >= 15 is 0 Å². The Hall–Kier alpha value is -2.35. The van der Waals surface area contributed by atoms with Crippen molar-refractivity contribution in [2.45, 2.75) is 6.54 Å². The smallest absolute Gasteiger partial charge is 0.251 e. The molecule has 1 N–H and O–H groups in total. The summed E-state index contributed by atoms with van der Waals surface area (Å²) in [6, 6.07) is 9.58. The molecule has 0 fully saturated rings. The Bertz CT molecular complexity index is 461. The average Bonchev–Trinajstić information content (AvgIpc) is 2.64. The second-order valence-corrected chi connectivity index (χ2v) is 3.34. The molecule has 5 nitrogen and oxygen atoms in total. The van der Waals surface area contributed by atoms with E-state index in [-0.39, 0.29) is 12.5 Å². The monoisotopic (exact) mass is 214 g/mol. The SMILES string of the molecule is N#CNC1=NCC(=O)N1Cc1ccccc1. The molecule has 0 aromatic heterocycles. The molecule has 0 saturated heterocycles. The quantitative estimate of drug-likeness (QED) is 0.574. The Morgan fingerprint density at radius 3 is 2.88 bits per heavy atom. The summed E-state index contributed by atoms with van der Waals surface area (Å²) in [6.45, 7) is 0.546. The molecule has 0 unspecified atom stereocenters. The van der Waals surface area contributed by atoms with Gasteiger partial charge in [-0.05, 0) is 5.56 Å². The third kappa shape index (κ3) is 2.01. The van der Waals surface area contributed by atoms with Crippen molar-refractivity contribution in [1.29, 1.82) is 5.26 Å². The number of aliphatic imine (C=N–C) groups is 1. The molecule has 1 aromatic rings. The molecule has 80 valence electrons. The number of nitrogens with one attached hydrogen (secondary N) is 1. The van der Waals surface area contributed by atoms with Crippen LogP contribution in [0.1, 0.15) is 5.56 Å². The van der Waals surface area contributed by atoms with Crippen LogP contribution in [0.3, 0.4) is 0 Å². The zero-order valence-electron chi connectivity index (χ0n) is 8.55. The molecule has 0 aliphatic carbocycles. The number of hydrogen-bond donors (Lipinski definition) is 1. The van der Waals surface area contributed by atoms with Crippen LogP contribution >= 0.6 is 0 Å². The van der Waals surface area contributed by atoms with Crippen LogP contribution in [0.5, 0.6) is 0 Å². The summed E-state index contributed by atoms with van der Waals surface area (Å²) >= 11 is 0. The van der Waals surface area contributed by atoms with Gasteiger partial charge in [0, 0.05) is 0 Å². The molecular formula is C11H10N4O. The minimum absolute atomic E-state index is 0.0957. The molecule has 2 rings (SSSR count). The standard InChI is InChI=1S/C11H10N4O/c12-8-14-11-13-6-10(16)15(11)7-9-4-2-1-3-5-9/h1-5H,6-7H2,(H,13,14). The van der Waals surface area contributed by atoms with E-state index in [4.69, 9.17) is 5.26 Å². The van der Waals surface area contributed by atoms with E-state index in [9.17, 15) is 4.79 Å². The first-order valence-corrected chi connectivity index (χ1v) is 4.85. The van der Waals surface area contributed by atoms with Gasteiger partial charge in [0.15, 0.2) is 6.19 Å². The van der Waals surface area contributed by atoms with E-state index in [1.54, 1.807) is 6.19 Å². The van der Waals surface area contributed by atoms with Gasteiger partial charge in [-0.2, -0.15) is 5.26 Å². The minimum Gasteiger partial charge on any atom is -0.276 e. The van der Waals surface area contributed by atoms with Crippen LogP contribution in [0.15, 0.2) is 35.3 Å². The van der Waals surface area contributed by atoms with E-state index in [0.29, 0.717) is 12.5 Å². The molecule has 1 aliphatic rings. The highest BCUT2D eigenvalue weighted by atomic mass is 16.2. The predicted octanol–water partition coefficient (Wildman–Crippen LogP) is 0.455. The number of carbonyl (C=O) groups excluding carboxylic acids is 1. The normalized spacial score (nSPS) is 14.6. The van der Waals surface area contributed by atoms with E-state index in [2.05, 4.69) is 10.3 Å². The summed E-state index contributed by atoms with van der Waals surface area (Å²) < 4.78 is 0. The van der Waals surface area contributed by atoms with Gasteiger partial charge in [-0.3, -0.25) is 15.0 Å². The molecule has 0 spiro atoms. The van der Waals surface area contributed by atoms with E-state index in [0.717, 1.165) is 5.56 Å². The van der Waals surface area contributed by atoms with Crippen LogP contribution in [-0.4, -0.2) is 23.3 Å². The molecule has 5 heteroatoms. The van der Waals surface area contributed by atoms with Gasteiger partial charge in [0.25, 0.3) is 5.91 Å². The Labute approximate surface area is 93.0 Å². The molecule has 0 atom stereocenters. The molecule has 1 aromatic carbocycles. The van der Waals surface area contributed by atoms with Crippen molar-refractivity contribution >= 4 is 11.9 Å². The molecule has 0 bridgehead atoms. The number of benzene rings is 1. The molecule has 1 aliphatic heterocycles. The maximum Gasteiger partial charge on any atom is 0.251 e. The Morgan fingerprint density at radius 1 is 1.44 bits per heavy atom. The van der Waals surface area contributed by atoms with Crippen molar-refractivity contribution in [1.82, 2.24) is 10.2 Å². The van der Waals surface area contributed by atoms with Gasteiger partial charge in [0.2, 0.25) is 5.96 Å². The van der Waals surface area contributed by atoms with Crippen LogP contribution < -0.4 is 5.32 Å². The van der Waals surface area contributed by atoms with Gasteiger partial charge in [0.1, 0.15) is 6.54 Å². The van der Waals surface area contributed by atoms with Crippen LogP contribution in [0, 0.1) is 11.5 Å². The van der Waals surface area contributed by atoms with Gasteiger partial charge in [-0.1, -0.05) is 30.3 Å². The molecule has 1 heterocycles. The van der Waals surface area contributed by atoms with Crippen LogP contribution in [0.2, 0.25) is 0 Å². The highest BCUT2D eigenvalue weighted by Crippen LogP contribution is 2.09. The van der Waals surface area contributed by atoms with Crippen LogP contribution in [0.4, 0.5) is 0 Å². The highest BCUT2D eigenvalue weighted by molar-refractivity contribution is 6.03. The van der Waals surface area contributed by atoms with Crippen LogP contribution in [-0.2, 0) is 11.3 Å². The summed E-state index contributed by atoms with van der Waals surface area (Å²) in [7, 11) is 0. The van der Waals surface area contributed by atoms with Crippen LogP contribution in [0.25, 0.3) is 0 Å². The number of hydrogen-bond acceptors (Lipinski definition) is 4. The molecule has 0 radical (unpaired) electrons. The first kappa shape index (κ1) is 10.2. The largest absolute Gasteiger partial charge is 0.276 e. The Morgan fingerprint density at radius 2 is 2.19 bits per heavy atom. The second-order valence-electron chi connectivity index (χ2n) is 3.34. The number of nitrogens with zero attached hydrogens (tertiary/aromatic N) is 3. The summed E-state index contributed by atoms with van der Waals surface area (Å²) in [4.78, 5) is 16.9. The minimum atomic E-state index is -0.0957. The van der Waals surface area contributed by atoms with Crippen molar-refractivity contribution in [2.24, 2.45) is 4.99 Å². The number of guanidine groups is 1. The zero-order valence-corrected chi connectivity index (χ0v) is 8.55. The predicted molar refractivity (Wildman–Crippen MR) is 58.0 cm³/mol. The molecule has 16 heavy (non-hydrogen) atoms. The Kier molecular flexibility index (Phi) is 2.83. The first-order chi connectivity index (χ1) is 7.81. The lowest BCUT2D eigenvalue weighted by Gasteiger charge is -2.16. The molecule has 1 amide bonds. The third-order valence-electron chi connectivity index (χ3n) is 2.27. The molecular weight excluding hydrogens is 204 g/mol. The van der Waals surface area contributed by atoms with Crippen molar-refractivity contribution in [3.05, 3.63) is 35.9 Å². The van der Waals surface area contributed by atoms with Gasteiger partial charge >= 0.3 is 0 Å². The number of nitriles is 1. The number of carbonyl (C=O) groups is 1. The van der Waals surface area contributed by atoms with Crippen molar-refractivity contribution in [3.63, 3.8) is 0 Å². The van der Waals surface area contributed by atoms with Gasteiger partial charge < -0.3 is 0 Å². The Balaban J connectivity index is 2.12. The highest BCUT2D eigenvalue weighted by Gasteiger charge is 2.25. The fourth-order valence-corrected chi connectivity index (χ4v) is 1.52. The topological polar surface area (TPSA) is 68.5 Å². The lowest BCUT2D eigenvalue weighted by molar-refractivity contribution is -0.125. The van der Waals surface area contributed by atoms with Crippen molar-refractivity contribution < 1.29 is 4.79 Å². The third-order valence-corrected chi connectivity index (χ3v) is 2.27. The second kappa shape index (κ2) is 4.45. The zero-order chi connectivity index (χ0) is 11.4. The number of rotatable bonds is 2. The van der Waals surface area contributed by atoms with E-state index in [1.807, 2.05) is 30.3 Å². The maximum atomic E-state index is 11.5. The van der Waals surface area contributed by atoms with E-state index in [1.165, 1.54) is 4.90 Å². The lowest BCUT2D eigenvalue weighted by atomic mass is 10.2. The molecule has 0 saturated carbocycles. The average molecular weight is 214 g/mol. The van der Waals surface area contributed by atoms with Gasteiger partial charge in [-0.25, -0.2) is 4.99 Å².